The number of hydrogen-bond acceptors (Lipinski definition) is 3. The minimum absolute atomic E-state index is 0.0307. The average molecular weight is 295 g/mol. The number of fused-ring (bicyclic) bond motifs is 2. The Morgan fingerprint density at radius 3 is 2.57 bits per heavy atom. The highest BCUT2D eigenvalue weighted by Crippen LogP contribution is 2.43. The summed E-state index contributed by atoms with van der Waals surface area (Å²) in [5.74, 6) is 0.704. The molecule has 0 unspecified atom stereocenters. The van der Waals surface area contributed by atoms with Crippen molar-refractivity contribution in [3.8, 4) is 0 Å². The first-order chi connectivity index (χ1) is 10.2. The average Bonchev–Trinajstić information content (AvgIpc) is 2.73. The molecule has 0 spiro atoms. The van der Waals surface area contributed by atoms with Gasteiger partial charge in [0.05, 0.1) is 13.0 Å². The van der Waals surface area contributed by atoms with E-state index in [1.807, 2.05) is 0 Å². The second kappa shape index (κ2) is 8.17. The fourth-order valence-electron chi connectivity index (χ4n) is 4.54. The normalized spacial score (nSPS) is 32.3. The third-order valence-electron chi connectivity index (χ3n) is 5.79. The molecule has 0 aromatic rings. The maximum atomic E-state index is 12.2. The molecule has 122 valence electrons. The molecule has 0 N–H and O–H groups in total. The molecule has 3 nitrogen and oxygen atoms in total. The summed E-state index contributed by atoms with van der Waals surface area (Å²) in [7, 11) is 3.74. The summed E-state index contributed by atoms with van der Waals surface area (Å²) in [5.41, 5.74) is 0. The Hall–Kier alpha value is -0.570. The van der Waals surface area contributed by atoms with E-state index in [1.54, 1.807) is 7.11 Å². The van der Waals surface area contributed by atoms with Gasteiger partial charge in [-0.25, -0.2) is 0 Å². The lowest BCUT2D eigenvalue weighted by Crippen LogP contribution is -2.49. The van der Waals surface area contributed by atoms with Gasteiger partial charge in [0.1, 0.15) is 0 Å². The van der Waals surface area contributed by atoms with E-state index in [9.17, 15) is 4.79 Å². The summed E-state index contributed by atoms with van der Waals surface area (Å²) in [6.45, 7) is 2.26. The number of unbranched alkanes of at least 4 members (excludes halogenated alkanes) is 5. The van der Waals surface area contributed by atoms with Crippen molar-refractivity contribution in [2.75, 3.05) is 14.2 Å². The van der Waals surface area contributed by atoms with Gasteiger partial charge in [-0.1, -0.05) is 45.4 Å². The second-order valence-corrected chi connectivity index (χ2v) is 7.07. The second-order valence-electron chi connectivity index (χ2n) is 7.07. The van der Waals surface area contributed by atoms with Crippen LogP contribution >= 0.6 is 0 Å². The summed E-state index contributed by atoms with van der Waals surface area (Å²) >= 11 is 0. The van der Waals surface area contributed by atoms with Crippen molar-refractivity contribution in [2.45, 2.75) is 83.2 Å². The van der Waals surface area contributed by atoms with Gasteiger partial charge in [-0.2, -0.15) is 0 Å². The largest absolute Gasteiger partial charge is 0.469 e. The molecular weight excluding hydrogens is 262 g/mol. The molecule has 2 aliphatic rings. The quantitative estimate of drug-likeness (QED) is 0.500. The van der Waals surface area contributed by atoms with Gasteiger partial charge in [0, 0.05) is 12.1 Å². The minimum atomic E-state index is 0.0307. The molecule has 0 aliphatic carbocycles. The predicted molar refractivity (Wildman–Crippen MR) is 86.2 cm³/mol. The molecular formula is C18H33NO2. The molecule has 2 fully saturated rings. The van der Waals surface area contributed by atoms with Gasteiger partial charge in [-0.3, -0.25) is 9.69 Å². The molecule has 2 heterocycles. The van der Waals surface area contributed by atoms with E-state index >= 15 is 0 Å². The fourth-order valence-corrected chi connectivity index (χ4v) is 4.54. The number of carbonyl (C=O) groups is 1. The van der Waals surface area contributed by atoms with Crippen molar-refractivity contribution in [3.63, 3.8) is 0 Å². The zero-order valence-electron chi connectivity index (χ0n) is 14.1. The molecule has 0 aromatic heterocycles. The van der Waals surface area contributed by atoms with Crippen LogP contribution in [0.4, 0.5) is 0 Å². The number of ether oxygens (including phenoxy) is 1. The third-order valence-corrected chi connectivity index (χ3v) is 5.79. The SMILES string of the molecule is CCCCCCCC[C@H]1C[C@@H]2CC[C@H]([C@H]1C(=O)OC)N2C. The maximum Gasteiger partial charge on any atom is 0.310 e. The van der Waals surface area contributed by atoms with Crippen molar-refractivity contribution < 1.29 is 9.53 Å². The van der Waals surface area contributed by atoms with E-state index in [0.29, 0.717) is 18.0 Å². The number of methoxy groups -OCH3 is 1. The lowest BCUT2D eigenvalue weighted by atomic mass is 9.77. The van der Waals surface area contributed by atoms with E-state index in [1.165, 1.54) is 64.2 Å². The van der Waals surface area contributed by atoms with Crippen molar-refractivity contribution in [2.24, 2.45) is 11.8 Å². The summed E-state index contributed by atoms with van der Waals surface area (Å²) in [6.07, 6.45) is 12.9. The molecule has 0 amide bonds. The van der Waals surface area contributed by atoms with E-state index in [-0.39, 0.29) is 11.9 Å². The van der Waals surface area contributed by atoms with Gasteiger partial charge in [-0.05, 0) is 38.6 Å². The summed E-state index contributed by atoms with van der Waals surface area (Å²) < 4.78 is 5.11. The van der Waals surface area contributed by atoms with Crippen LogP contribution in [0.15, 0.2) is 0 Å². The molecule has 21 heavy (non-hydrogen) atoms. The Bertz CT molecular complexity index is 331. The Morgan fingerprint density at radius 2 is 1.86 bits per heavy atom. The predicted octanol–water partition coefficient (Wildman–Crippen LogP) is 4.01. The highest BCUT2D eigenvalue weighted by Gasteiger charge is 2.48. The van der Waals surface area contributed by atoms with Crippen molar-refractivity contribution in [3.05, 3.63) is 0 Å². The molecule has 2 saturated heterocycles. The van der Waals surface area contributed by atoms with Crippen LogP contribution in [0.25, 0.3) is 0 Å². The topological polar surface area (TPSA) is 29.5 Å². The summed E-state index contributed by atoms with van der Waals surface area (Å²) in [4.78, 5) is 14.7. The van der Waals surface area contributed by atoms with E-state index < -0.39 is 0 Å². The van der Waals surface area contributed by atoms with Gasteiger partial charge < -0.3 is 4.74 Å². The van der Waals surface area contributed by atoms with Crippen molar-refractivity contribution >= 4 is 5.97 Å². The Kier molecular flexibility index (Phi) is 6.53. The van der Waals surface area contributed by atoms with Gasteiger partial charge >= 0.3 is 5.97 Å². The van der Waals surface area contributed by atoms with Crippen LogP contribution in [0, 0.1) is 11.8 Å². The van der Waals surface area contributed by atoms with Crippen LogP contribution in [-0.4, -0.2) is 37.1 Å². The Balaban J connectivity index is 1.83. The maximum absolute atomic E-state index is 12.2. The van der Waals surface area contributed by atoms with E-state index in [4.69, 9.17) is 4.74 Å². The zero-order valence-corrected chi connectivity index (χ0v) is 14.1. The Morgan fingerprint density at radius 1 is 1.14 bits per heavy atom. The lowest BCUT2D eigenvalue weighted by molar-refractivity contribution is -0.152. The lowest BCUT2D eigenvalue weighted by Gasteiger charge is -2.41. The molecule has 2 rings (SSSR count). The monoisotopic (exact) mass is 295 g/mol. The number of carbonyl (C=O) groups excluding carboxylic acids is 1. The van der Waals surface area contributed by atoms with Crippen LogP contribution in [-0.2, 0) is 9.53 Å². The van der Waals surface area contributed by atoms with Crippen LogP contribution in [0.2, 0.25) is 0 Å². The van der Waals surface area contributed by atoms with E-state index in [2.05, 4.69) is 18.9 Å². The number of esters is 1. The molecule has 0 radical (unpaired) electrons. The number of hydrogen-bond donors (Lipinski definition) is 0. The number of nitrogens with zero attached hydrogens (tertiary/aromatic N) is 1. The zero-order chi connectivity index (χ0) is 15.2. The highest BCUT2D eigenvalue weighted by atomic mass is 16.5. The molecule has 3 heteroatoms. The third kappa shape index (κ3) is 4.00. The smallest absolute Gasteiger partial charge is 0.310 e. The summed E-state index contributed by atoms with van der Waals surface area (Å²) in [5, 5.41) is 0. The van der Waals surface area contributed by atoms with E-state index in [0.717, 1.165) is 0 Å². The van der Waals surface area contributed by atoms with Crippen LogP contribution in [0.3, 0.4) is 0 Å². The number of rotatable bonds is 8. The van der Waals surface area contributed by atoms with Crippen LogP contribution in [0.5, 0.6) is 0 Å². The van der Waals surface area contributed by atoms with Gasteiger partial charge in [0.2, 0.25) is 0 Å². The molecule has 2 bridgehead atoms. The first-order valence-corrected chi connectivity index (χ1v) is 8.98. The highest BCUT2D eigenvalue weighted by molar-refractivity contribution is 5.74. The van der Waals surface area contributed by atoms with Gasteiger partial charge in [0.25, 0.3) is 0 Å². The molecule has 2 aliphatic heterocycles. The minimum Gasteiger partial charge on any atom is -0.469 e. The van der Waals surface area contributed by atoms with Crippen molar-refractivity contribution in [1.82, 2.24) is 4.90 Å². The summed E-state index contributed by atoms with van der Waals surface area (Å²) in [6, 6.07) is 1.14. The van der Waals surface area contributed by atoms with Crippen LogP contribution in [0.1, 0.15) is 71.1 Å². The molecule has 4 atom stereocenters. The molecule has 0 saturated carbocycles. The Labute approximate surface area is 130 Å². The van der Waals surface area contributed by atoms with Crippen molar-refractivity contribution in [1.29, 1.82) is 0 Å². The van der Waals surface area contributed by atoms with Gasteiger partial charge in [-0.15, -0.1) is 0 Å². The van der Waals surface area contributed by atoms with Crippen LogP contribution < -0.4 is 0 Å². The standard InChI is InChI=1S/C18H33NO2/c1-4-5-6-7-8-9-10-14-13-15-11-12-16(19(15)2)17(14)18(20)21-3/h14-17H,4-13H2,1-3H3/t14-,15-,16+,17-/m0/s1. The molecule has 0 aromatic carbocycles. The first-order valence-electron chi connectivity index (χ1n) is 8.98. The van der Waals surface area contributed by atoms with Gasteiger partial charge in [0.15, 0.2) is 0 Å². The number of piperidine rings is 1. The fraction of sp³-hybridized carbons (Fsp3) is 0.944. The first kappa shape index (κ1) is 16.8.